The van der Waals surface area contributed by atoms with Gasteiger partial charge >= 0.3 is 6.18 Å². The smallest absolute Gasteiger partial charge is 0.379 e. The standard InChI is InChI=1S/C21H25F3N6O3/c22-21(23,24)15-13-26-20(27-14-15)30-8-6-29(7-9-30)18(31)3-11-33-12-10-28-5-2-16-17(28)1-4-25-19(16)32/h2,5,13-14H,1,3-4,6-12H2,(H,25,32). The number of piperazine rings is 1. The van der Waals surface area contributed by atoms with Crippen LogP contribution in [0.1, 0.15) is 28.0 Å². The van der Waals surface area contributed by atoms with E-state index in [1.54, 1.807) is 9.80 Å². The van der Waals surface area contributed by atoms with Gasteiger partial charge in [-0.1, -0.05) is 0 Å². The highest BCUT2D eigenvalue weighted by atomic mass is 19.4. The van der Waals surface area contributed by atoms with Crippen molar-refractivity contribution >= 4 is 17.8 Å². The fourth-order valence-corrected chi connectivity index (χ4v) is 3.96. The highest BCUT2D eigenvalue weighted by Crippen LogP contribution is 2.28. The number of halogens is 3. The molecule has 178 valence electrons. The predicted octanol–water partition coefficient (Wildman–Crippen LogP) is 1.34. The second-order valence-corrected chi connectivity index (χ2v) is 7.88. The topological polar surface area (TPSA) is 92.6 Å². The molecule has 1 N–H and O–H groups in total. The summed E-state index contributed by atoms with van der Waals surface area (Å²) in [6, 6.07) is 1.81. The normalized spacial score (nSPS) is 16.5. The molecule has 4 heterocycles. The van der Waals surface area contributed by atoms with E-state index in [0.29, 0.717) is 58.0 Å². The minimum Gasteiger partial charge on any atom is -0.379 e. The number of carbonyl (C=O) groups is 2. The van der Waals surface area contributed by atoms with Crippen molar-refractivity contribution < 1.29 is 27.5 Å². The molecule has 0 bridgehead atoms. The van der Waals surface area contributed by atoms with E-state index in [4.69, 9.17) is 4.74 Å². The Labute approximate surface area is 188 Å². The molecule has 0 atom stereocenters. The average Bonchev–Trinajstić information content (AvgIpc) is 3.23. The third kappa shape index (κ3) is 5.44. The zero-order chi connectivity index (χ0) is 23.4. The van der Waals surface area contributed by atoms with E-state index in [0.717, 1.165) is 24.5 Å². The minimum absolute atomic E-state index is 0.0296. The van der Waals surface area contributed by atoms with Crippen molar-refractivity contribution in [1.29, 1.82) is 0 Å². The number of rotatable bonds is 7. The molecule has 0 aliphatic carbocycles. The molecule has 0 aromatic carbocycles. The average molecular weight is 466 g/mol. The maximum absolute atomic E-state index is 12.6. The molecule has 12 heteroatoms. The molecular weight excluding hydrogens is 441 g/mol. The maximum Gasteiger partial charge on any atom is 0.419 e. The van der Waals surface area contributed by atoms with Crippen LogP contribution in [0.4, 0.5) is 19.1 Å². The van der Waals surface area contributed by atoms with Crippen molar-refractivity contribution in [3.63, 3.8) is 0 Å². The molecule has 33 heavy (non-hydrogen) atoms. The number of aromatic nitrogens is 3. The Morgan fingerprint density at radius 3 is 2.55 bits per heavy atom. The largest absolute Gasteiger partial charge is 0.419 e. The van der Waals surface area contributed by atoms with Gasteiger partial charge < -0.3 is 24.4 Å². The van der Waals surface area contributed by atoms with Crippen LogP contribution in [0.25, 0.3) is 0 Å². The Hall–Kier alpha value is -3.15. The highest BCUT2D eigenvalue weighted by molar-refractivity contribution is 5.96. The van der Waals surface area contributed by atoms with Crippen molar-refractivity contribution in [2.45, 2.75) is 25.6 Å². The van der Waals surface area contributed by atoms with Crippen molar-refractivity contribution in [3.05, 3.63) is 41.5 Å². The molecule has 4 rings (SSSR count). The fourth-order valence-electron chi connectivity index (χ4n) is 3.96. The van der Waals surface area contributed by atoms with Crippen molar-refractivity contribution in [2.75, 3.05) is 50.8 Å². The summed E-state index contributed by atoms with van der Waals surface area (Å²) in [4.78, 5) is 35.3. The zero-order valence-corrected chi connectivity index (χ0v) is 18.0. The van der Waals surface area contributed by atoms with Gasteiger partial charge in [0.2, 0.25) is 11.9 Å². The van der Waals surface area contributed by atoms with Crippen LogP contribution in [0, 0.1) is 0 Å². The number of nitrogens with zero attached hydrogens (tertiary/aromatic N) is 5. The van der Waals surface area contributed by atoms with Gasteiger partial charge in [-0.15, -0.1) is 0 Å². The van der Waals surface area contributed by atoms with Gasteiger partial charge in [-0.2, -0.15) is 13.2 Å². The number of hydrogen-bond donors (Lipinski definition) is 1. The van der Waals surface area contributed by atoms with Gasteiger partial charge in [0.1, 0.15) is 0 Å². The molecule has 9 nitrogen and oxygen atoms in total. The lowest BCUT2D eigenvalue weighted by atomic mass is 10.1. The van der Waals surface area contributed by atoms with Crippen LogP contribution in [0.3, 0.4) is 0 Å². The van der Waals surface area contributed by atoms with E-state index >= 15 is 0 Å². The van der Waals surface area contributed by atoms with Crippen molar-refractivity contribution in [2.24, 2.45) is 0 Å². The van der Waals surface area contributed by atoms with E-state index in [1.807, 2.05) is 16.8 Å². The number of nitrogens with one attached hydrogen (secondary N) is 1. The first-order chi connectivity index (χ1) is 15.8. The molecule has 0 radical (unpaired) electrons. The summed E-state index contributed by atoms with van der Waals surface area (Å²) in [5, 5.41) is 2.81. The van der Waals surface area contributed by atoms with Crippen LogP contribution in [-0.2, 0) is 28.7 Å². The number of amides is 2. The molecule has 0 spiro atoms. The fraction of sp³-hybridized carbons (Fsp3) is 0.524. The van der Waals surface area contributed by atoms with Crippen LogP contribution in [0.15, 0.2) is 24.7 Å². The molecular formula is C21H25F3N6O3. The lowest BCUT2D eigenvalue weighted by molar-refractivity contribution is -0.138. The Morgan fingerprint density at radius 2 is 1.85 bits per heavy atom. The van der Waals surface area contributed by atoms with Gasteiger partial charge in [0, 0.05) is 70.0 Å². The third-order valence-corrected chi connectivity index (χ3v) is 5.79. The van der Waals surface area contributed by atoms with Crippen LogP contribution in [0.5, 0.6) is 0 Å². The Morgan fingerprint density at radius 1 is 1.12 bits per heavy atom. The second kappa shape index (κ2) is 9.77. The van der Waals surface area contributed by atoms with E-state index in [-0.39, 0.29) is 24.2 Å². The summed E-state index contributed by atoms with van der Waals surface area (Å²) < 4.78 is 45.6. The van der Waals surface area contributed by atoms with E-state index < -0.39 is 11.7 Å². The van der Waals surface area contributed by atoms with E-state index in [9.17, 15) is 22.8 Å². The Kier molecular flexibility index (Phi) is 6.82. The summed E-state index contributed by atoms with van der Waals surface area (Å²) in [7, 11) is 0. The predicted molar refractivity (Wildman–Crippen MR) is 112 cm³/mol. The van der Waals surface area contributed by atoms with Gasteiger partial charge in [0.05, 0.1) is 30.8 Å². The van der Waals surface area contributed by atoms with Crippen molar-refractivity contribution in [1.82, 2.24) is 24.8 Å². The minimum atomic E-state index is -4.47. The highest BCUT2D eigenvalue weighted by Gasteiger charge is 2.32. The summed E-state index contributed by atoms with van der Waals surface area (Å²) >= 11 is 0. The van der Waals surface area contributed by atoms with Crippen LogP contribution >= 0.6 is 0 Å². The second-order valence-electron chi connectivity index (χ2n) is 7.88. The van der Waals surface area contributed by atoms with Crippen LogP contribution in [-0.4, -0.2) is 77.2 Å². The zero-order valence-electron chi connectivity index (χ0n) is 18.0. The summed E-state index contributed by atoms with van der Waals surface area (Å²) in [6.07, 6.45) is -0.00250. The number of fused-ring (bicyclic) bond motifs is 1. The van der Waals surface area contributed by atoms with Gasteiger partial charge in [-0.05, 0) is 6.07 Å². The van der Waals surface area contributed by atoms with Crippen molar-refractivity contribution in [3.8, 4) is 0 Å². The van der Waals surface area contributed by atoms with Gasteiger partial charge in [0.15, 0.2) is 0 Å². The SMILES string of the molecule is O=C1NCCc2c1ccn2CCOCCC(=O)N1CCN(c2ncc(C(F)(F)F)cn2)CC1. The Balaban J connectivity index is 1.15. The third-order valence-electron chi connectivity index (χ3n) is 5.79. The maximum atomic E-state index is 12.6. The molecule has 2 aliphatic rings. The lowest BCUT2D eigenvalue weighted by Gasteiger charge is -2.34. The summed E-state index contributed by atoms with van der Waals surface area (Å²) in [5.74, 6) is 0.146. The molecule has 0 saturated carbocycles. The van der Waals surface area contributed by atoms with Gasteiger partial charge in [-0.25, -0.2) is 9.97 Å². The quantitative estimate of drug-likeness (QED) is 0.620. The number of alkyl halides is 3. The Bertz CT molecular complexity index is 984. The molecule has 1 fully saturated rings. The summed E-state index contributed by atoms with van der Waals surface area (Å²) in [6.45, 7) is 3.77. The lowest BCUT2D eigenvalue weighted by Crippen LogP contribution is -2.49. The van der Waals surface area contributed by atoms with Crippen LogP contribution < -0.4 is 10.2 Å². The first-order valence-electron chi connectivity index (χ1n) is 10.8. The number of ether oxygens (including phenoxy) is 1. The number of carbonyl (C=O) groups excluding carboxylic acids is 2. The first-order valence-corrected chi connectivity index (χ1v) is 10.8. The first kappa shape index (κ1) is 23.0. The molecule has 1 saturated heterocycles. The van der Waals surface area contributed by atoms with E-state index in [1.165, 1.54) is 0 Å². The van der Waals surface area contributed by atoms with Gasteiger partial charge in [-0.3, -0.25) is 9.59 Å². The molecule has 0 unspecified atom stereocenters. The van der Waals surface area contributed by atoms with Gasteiger partial charge in [0.25, 0.3) is 5.91 Å². The molecule has 2 aromatic heterocycles. The van der Waals surface area contributed by atoms with E-state index in [2.05, 4.69) is 15.3 Å². The number of hydrogen-bond acceptors (Lipinski definition) is 6. The molecule has 2 amide bonds. The van der Waals surface area contributed by atoms with Crippen LogP contribution in [0.2, 0.25) is 0 Å². The number of anilines is 1. The molecule has 2 aliphatic heterocycles. The summed E-state index contributed by atoms with van der Waals surface area (Å²) in [5.41, 5.74) is 0.827. The molecule has 2 aromatic rings. The monoisotopic (exact) mass is 466 g/mol.